The fraction of sp³-hybridized carbons (Fsp3) is 0.292. The molecule has 0 spiro atoms. The first-order valence-electron chi connectivity index (χ1n) is 10.8. The maximum Gasteiger partial charge on any atom is 0.412 e. The molecule has 0 aliphatic rings. The summed E-state index contributed by atoms with van der Waals surface area (Å²) < 4.78 is 32.0. The monoisotopic (exact) mass is 488 g/mol. The number of ether oxygens (including phenoxy) is 1. The molecule has 2 aromatic carbocycles. The summed E-state index contributed by atoms with van der Waals surface area (Å²) in [6, 6.07) is 10.1. The molecule has 1 unspecified atom stereocenters. The van der Waals surface area contributed by atoms with Gasteiger partial charge in [-0.3, -0.25) is 5.32 Å². The summed E-state index contributed by atoms with van der Waals surface area (Å²) in [5, 5.41) is 25.4. The van der Waals surface area contributed by atoms with Crippen LogP contribution in [0.1, 0.15) is 12.0 Å². The molecule has 0 saturated carbocycles. The third-order valence-corrected chi connectivity index (χ3v) is 5.28. The van der Waals surface area contributed by atoms with Gasteiger partial charge in [0.2, 0.25) is 0 Å². The van der Waals surface area contributed by atoms with Gasteiger partial charge in [-0.05, 0) is 53.8 Å². The van der Waals surface area contributed by atoms with Crippen LogP contribution in [0.3, 0.4) is 0 Å². The highest BCUT2D eigenvalue weighted by molar-refractivity contribution is 5.89. The SMILES string of the molecule is CN(C(=O)NCc1cccc(F)c1)[C@H](COC(=O)Nc1cc2cc(F)ccc2cn1)CC(O)CO. The second-order valence-electron chi connectivity index (χ2n) is 7.91. The molecule has 2 atom stereocenters. The van der Waals surface area contributed by atoms with E-state index >= 15 is 0 Å². The number of nitrogens with zero attached hydrogens (tertiary/aromatic N) is 2. The van der Waals surface area contributed by atoms with Gasteiger partial charge in [-0.2, -0.15) is 0 Å². The van der Waals surface area contributed by atoms with Gasteiger partial charge in [0.15, 0.2) is 0 Å². The highest BCUT2D eigenvalue weighted by Gasteiger charge is 2.24. The maximum atomic E-state index is 13.5. The number of carbonyl (C=O) groups is 2. The molecular formula is C24H26F2N4O5. The zero-order chi connectivity index (χ0) is 25.4. The molecule has 0 bridgehead atoms. The van der Waals surface area contributed by atoms with E-state index in [1.54, 1.807) is 12.1 Å². The van der Waals surface area contributed by atoms with Crippen LogP contribution in [-0.2, 0) is 11.3 Å². The lowest BCUT2D eigenvalue weighted by Crippen LogP contribution is -2.47. The zero-order valence-corrected chi connectivity index (χ0v) is 18.9. The number of amides is 3. The Hall–Kier alpha value is -3.83. The van der Waals surface area contributed by atoms with Crippen LogP contribution in [0.15, 0.2) is 54.7 Å². The van der Waals surface area contributed by atoms with Crippen molar-refractivity contribution in [1.82, 2.24) is 15.2 Å². The molecule has 3 aromatic rings. The summed E-state index contributed by atoms with van der Waals surface area (Å²) in [6.45, 7) is -0.778. The Labute approximate surface area is 200 Å². The van der Waals surface area contributed by atoms with Gasteiger partial charge in [-0.1, -0.05) is 12.1 Å². The predicted molar refractivity (Wildman–Crippen MR) is 125 cm³/mol. The van der Waals surface area contributed by atoms with Gasteiger partial charge in [0.05, 0.1) is 18.8 Å². The number of pyridine rings is 1. The number of hydrogen-bond donors (Lipinski definition) is 4. The van der Waals surface area contributed by atoms with Crippen molar-refractivity contribution in [2.24, 2.45) is 0 Å². The third-order valence-electron chi connectivity index (χ3n) is 5.28. The number of urea groups is 1. The van der Waals surface area contributed by atoms with Crippen molar-refractivity contribution in [2.75, 3.05) is 25.6 Å². The van der Waals surface area contributed by atoms with E-state index in [2.05, 4.69) is 15.6 Å². The first kappa shape index (κ1) is 25.8. The molecule has 4 N–H and O–H groups in total. The summed E-state index contributed by atoms with van der Waals surface area (Å²) in [4.78, 5) is 30.2. The number of anilines is 1. The van der Waals surface area contributed by atoms with Crippen LogP contribution in [0.4, 0.5) is 24.2 Å². The molecule has 9 nitrogen and oxygen atoms in total. The fourth-order valence-corrected chi connectivity index (χ4v) is 3.33. The number of aromatic nitrogens is 1. The third kappa shape index (κ3) is 7.59. The van der Waals surface area contributed by atoms with Gasteiger partial charge in [-0.15, -0.1) is 0 Å². The Balaban J connectivity index is 1.59. The quantitative estimate of drug-likeness (QED) is 0.367. The highest BCUT2D eigenvalue weighted by Crippen LogP contribution is 2.18. The van der Waals surface area contributed by atoms with Crippen LogP contribution in [0.25, 0.3) is 10.8 Å². The van der Waals surface area contributed by atoms with Gasteiger partial charge >= 0.3 is 12.1 Å². The van der Waals surface area contributed by atoms with E-state index in [4.69, 9.17) is 4.74 Å². The lowest BCUT2D eigenvalue weighted by Gasteiger charge is -2.29. The van der Waals surface area contributed by atoms with Crippen LogP contribution in [0.2, 0.25) is 0 Å². The molecule has 0 fully saturated rings. The highest BCUT2D eigenvalue weighted by atomic mass is 19.1. The summed E-state index contributed by atoms with van der Waals surface area (Å²) in [6.07, 6.45) is -0.615. The van der Waals surface area contributed by atoms with Gasteiger partial charge in [0.25, 0.3) is 0 Å². The molecule has 0 radical (unpaired) electrons. The molecule has 0 aliphatic heterocycles. The van der Waals surface area contributed by atoms with Crippen molar-refractivity contribution >= 4 is 28.7 Å². The van der Waals surface area contributed by atoms with E-state index in [0.717, 1.165) is 0 Å². The molecule has 3 amide bonds. The van der Waals surface area contributed by atoms with E-state index in [9.17, 15) is 28.6 Å². The largest absolute Gasteiger partial charge is 0.447 e. The summed E-state index contributed by atoms with van der Waals surface area (Å²) in [5.41, 5.74) is 0.553. The predicted octanol–water partition coefficient (Wildman–Crippen LogP) is 3.02. The fourth-order valence-electron chi connectivity index (χ4n) is 3.33. The van der Waals surface area contributed by atoms with E-state index in [1.807, 2.05) is 0 Å². The molecule has 186 valence electrons. The average Bonchev–Trinajstić information content (AvgIpc) is 2.84. The molecule has 3 rings (SSSR count). The molecule has 11 heteroatoms. The molecule has 35 heavy (non-hydrogen) atoms. The number of rotatable bonds is 9. The summed E-state index contributed by atoms with van der Waals surface area (Å²) in [7, 11) is 1.44. The smallest absolute Gasteiger partial charge is 0.412 e. The molecule has 1 heterocycles. The number of fused-ring (bicyclic) bond motifs is 1. The van der Waals surface area contributed by atoms with Gasteiger partial charge in [0, 0.05) is 25.2 Å². The van der Waals surface area contributed by atoms with Crippen LogP contribution in [0.5, 0.6) is 0 Å². The normalized spacial score (nSPS) is 12.6. The molecule has 1 aromatic heterocycles. The Kier molecular flexibility index (Phi) is 8.87. The van der Waals surface area contributed by atoms with Crippen molar-refractivity contribution in [2.45, 2.75) is 25.1 Å². The lowest BCUT2D eigenvalue weighted by atomic mass is 10.1. The number of likely N-dealkylation sites (N-methyl/N-ethyl adjacent to an activating group) is 1. The Morgan fingerprint density at radius 3 is 2.63 bits per heavy atom. The van der Waals surface area contributed by atoms with Gasteiger partial charge in [0.1, 0.15) is 24.1 Å². The minimum absolute atomic E-state index is 0.0613. The van der Waals surface area contributed by atoms with Gasteiger partial charge in [-0.25, -0.2) is 23.4 Å². The minimum atomic E-state index is -1.15. The Bertz CT molecular complexity index is 1180. The zero-order valence-electron chi connectivity index (χ0n) is 18.9. The van der Waals surface area contributed by atoms with Crippen LogP contribution in [0, 0.1) is 11.6 Å². The first-order valence-corrected chi connectivity index (χ1v) is 10.8. The number of hydrogen-bond acceptors (Lipinski definition) is 6. The van der Waals surface area contributed by atoms with Gasteiger partial charge < -0.3 is 25.2 Å². The van der Waals surface area contributed by atoms with Crippen molar-refractivity contribution < 1.29 is 33.3 Å². The summed E-state index contributed by atoms with van der Waals surface area (Å²) >= 11 is 0. The van der Waals surface area contributed by atoms with E-state index < -0.39 is 42.5 Å². The van der Waals surface area contributed by atoms with Crippen molar-refractivity contribution in [3.63, 3.8) is 0 Å². The van der Waals surface area contributed by atoms with Crippen LogP contribution >= 0.6 is 0 Å². The minimum Gasteiger partial charge on any atom is -0.447 e. The molecule has 0 aliphatic carbocycles. The van der Waals surface area contributed by atoms with Crippen molar-refractivity contribution in [3.8, 4) is 0 Å². The van der Waals surface area contributed by atoms with E-state index in [0.29, 0.717) is 16.3 Å². The second kappa shape index (κ2) is 12.0. The van der Waals surface area contributed by atoms with E-state index in [-0.39, 0.29) is 25.4 Å². The Morgan fingerprint density at radius 1 is 1.11 bits per heavy atom. The number of aliphatic hydroxyl groups excluding tert-OH is 2. The summed E-state index contributed by atoms with van der Waals surface area (Å²) in [5.74, 6) is -0.720. The van der Waals surface area contributed by atoms with Crippen LogP contribution < -0.4 is 10.6 Å². The maximum absolute atomic E-state index is 13.5. The number of aliphatic hydroxyl groups is 2. The standard InChI is InChI=1S/C24H26F2N4O5/c1-30(23(33)28-11-15-3-2-4-18(25)7-15)20(10-21(32)13-31)14-35-24(34)29-22-9-17-8-19(26)6-5-16(17)12-27-22/h2-9,12,20-21,31-32H,10-11,13-14H2,1H3,(H,28,33)(H,27,29,34)/t20-,21?/m0/s1. The average molecular weight is 488 g/mol. The first-order chi connectivity index (χ1) is 16.7. The Morgan fingerprint density at radius 2 is 1.89 bits per heavy atom. The lowest BCUT2D eigenvalue weighted by molar-refractivity contribution is 0.0480. The number of benzene rings is 2. The van der Waals surface area contributed by atoms with E-state index in [1.165, 1.54) is 54.5 Å². The molecular weight excluding hydrogens is 462 g/mol. The van der Waals surface area contributed by atoms with Crippen LogP contribution in [-0.4, -0.2) is 64.6 Å². The number of halogens is 2. The number of nitrogens with one attached hydrogen (secondary N) is 2. The number of carbonyl (C=O) groups excluding carboxylic acids is 2. The topological polar surface area (TPSA) is 124 Å². The van der Waals surface area contributed by atoms with Crippen molar-refractivity contribution in [3.05, 3.63) is 71.9 Å². The molecule has 0 saturated heterocycles. The van der Waals surface area contributed by atoms with Crippen molar-refractivity contribution in [1.29, 1.82) is 0 Å². The second-order valence-corrected chi connectivity index (χ2v) is 7.91.